The lowest BCUT2D eigenvalue weighted by molar-refractivity contribution is -0.590. The molecule has 0 radical (unpaired) electrons. The molecule has 3 rings (SSSR count). The number of imidazole rings is 1. The molecule has 0 saturated carbocycles. The Hall–Kier alpha value is -1.61. The van der Waals surface area contributed by atoms with Crippen molar-refractivity contribution >= 4 is 29.9 Å². The Kier molecular flexibility index (Phi) is 4.61. The number of hydrogen-bond donors (Lipinski definition) is 0. The van der Waals surface area contributed by atoms with Crippen LogP contribution in [0.1, 0.15) is 0 Å². The zero-order valence-electron chi connectivity index (χ0n) is 10.00. The predicted molar refractivity (Wildman–Crippen MR) is 73.2 cm³/mol. The highest BCUT2D eigenvalue weighted by Crippen LogP contribution is 2.14. The van der Waals surface area contributed by atoms with E-state index >= 15 is 0 Å². The minimum Gasteiger partial charge on any atom is -0.418 e. The van der Waals surface area contributed by atoms with Gasteiger partial charge in [-0.3, -0.25) is 0 Å². The van der Waals surface area contributed by atoms with E-state index in [0.29, 0.717) is 0 Å². The summed E-state index contributed by atoms with van der Waals surface area (Å²) in [4.78, 5) is 0. The van der Waals surface area contributed by atoms with Crippen molar-refractivity contribution in [2.24, 2.45) is 0 Å². The molecular formula is C11H9BF4N2S2. The van der Waals surface area contributed by atoms with Crippen LogP contribution in [-0.4, -0.2) is 11.8 Å². The number of nitrogens with zero attached hydrogens (tertiary/aromatic N) is 2. The standard InChI is InChI=1S/C11H9N2S2.BF4/c1-3-10(14-7-1)12-5-6-13(9-12)11-4-2-8-15-11;2-1(3,4)5/h1-9H;/q+1;-1. The van der Waals surface area contributed by atoms with Gasteiger partial charge < -0.3 is 17.3 Å². The van der Waals surface area contributed by atoms with Gasteiger partial charge in [-0.1, -0.05) is 0 Å². The van der Waals surface area contributed by atoms with E-state index in [9.17, 15) is 17.3 Å². The lowest BCUT2D eigenvalue weighted by atomic mass is 10.3. The van der Waals surface area contributed by atoms with Crippen LogP contribution in [0, 0.1) is 0 Å². The largest absolute Gasteiger partial charge is 0.673 e. The maximum atomic E-state index is 9.75. The van der Waals surface area contributed by atoms with E-state index in [4.69, 9.17) is 0 Å². The Morgan fingerprint density at radius 3 is 2.20 bits per heavy atom. The van der Waals surface area contributed by atoms with Crippen LogP contribution in [0.4, 0.5) is 17.3 Å². The molecule has 2 nitrogen and oxygen atoms in total. The number of rotatable bonds is 2. The van der Waals surface area contributed by atoms with Gasteiger partial charge >= 0.3 is 7.25 Å². The van der Waals surface area contributed by atoms with E-state index in [-0.39, 0.29) is 0 Å². The second kappa shape index (κ2) is 6.23. The van der Waals surface area contributed by atoms with Gasteiger partial charge in [0.25, 0.3) is 6.33 Å². The highest BCUT2D eigenvalue weighted by molar-refractivity contribution is 7.12. The van der Waals surface area contributed by atoms with E-state index in [0.717, 1.165) is 0 Å². The fraction of sp³-hybridized carbons (Fsp3) is 0. The first-order chi connectivity index (χ1) is 9.43. The average Bonchev–Trinajstić information content (AvgIpc) is 3.10. The smallest absolute Gasteiger partial charge is 0.418 e. The van der Waals surface area contributed by atoms with E-state index in [1.807, 2.05) is 0 Å². The molecule has 3 heterocycles. The summed E-state index contributed by atoms with van der Waals surface area (Å²) < 4.78 is 43.3. The van der Waals surface area contributed by atoms with Gasteiger partial charge in [-0.2, -0.15) is 9.13 Å². The topological polar surface area (TPSA) is 8.81 Å². The number of thiophene rings is 2. The molecule has 0 spiro atoms. The van der Waals surface area contributed by atoms with Crippen LogP contribution >= 0.6 is 22.7 Å². The molecule has 0 aliphatic carbocycles. The van der Waals surface area contributed by atoms with Crippen molar-refractivity contribution < 1.29 is 21.8 Å². The summed E-state index contributed by atoms with van der Waals surface area (Å²) in [5.74, 6) is 0. The Morgan fingerprint density at radius 1 is 1.00 bits per heavy atom. The first-order valence-corrected chi connectivity index (χ1v) is 7.24. The minimum atomic E-state index is -6.00. The highest BCUT2D eigenvalue weighted by atomic mass is 32.1. The molecule has 0 saturated heterocycles. The summed E-state index contributed by atoms with van der Waals surface area (Å²) in [6.45, 7) is 0. The van der Waals surface area contributed by atoms with Gasteiger partial charge in [0.05, 0.1) is 0 Å². The molecule has 20 heavy (non-hydrogen) atoms. The van der Waals surface area contributed by atoms with Crippen LogP contribution in [0.3, 0.4) is 0 Å². The van der Waals surface area contributed by atoms with Crippen LogP contribution in [0.2, 0.25) is 0 Å². The lowest BCUT2D eigenvalue weighted by Crippen LogP contribution is -2.25. The fourth-order valence-corrected chi connectivity index (χ4v) is 2.82. The van der Waals surface area contributed by atoms with Gasteiger partial charge in [0.15, 0.2) is 10.0 Å². The molecule has 106 valence electrons. The second-order valence-electron chi connectivity index (χ2n) is 3.63. The fourth-order valence-electron chi connectivity index (χ4n) is 1.45. The van der Waals surface area contributed by atoms with Crippen molar-refractivity contribution in [1.29, 1.82) is 0 Å². The molecule has 0 aromatic carbocycles. The van der Waals surface area contributed by atoms with Crippen molar-refractivity contribution in [2.75, 3.05) is 0 Å². The Balaban J connectivity index is 0.000000257. The number of aromatic nitrogens is 2. The molecule has 0 bridgehead atoms. The van der Waals surface area contributed by atoms with Crippen LogP contribution in [-0.2, 0) is 0 Å². The quantitative estimate of drug-likeness (QED) is 0.381. The monoisotopic (exact) mass is 320 g/mol. The van der Waals surface area contributed by atoms with Gasteiger partial charge in [0.2, 0.25) is 0 Å². The summed E-state index contributed by atoms with van der Waals surface area (Å²) in [5.41, 5.74) is 0. The average molecular weight is 320 g/mol. The summed E-state index contributed by atoms with van der Waals surface area (Å²) in [5, 5.41) is 6.66. The molecule has 0 unspecified atom stereocenters. The summed E-state index contributed by atoms with van der Waals surface area (Å²) in [7, 11) is -6.00. The maximum absolute atomic E-state index is 9.75. The van der Waals surface area contributed by atoms with Crippen LogP contribution < -0.4 is 4.57 Å². The van der Waals surface area contributed by atoms with Crippen molar-refractivity contribution in [3.05, 3.63) is 53.7 Å². The predicted octanol–water partition coefficient (Wildman–Crippen LogP) is 4.18. The first kappa shape index (κ1) is 14.8. The Morgan fingerprint density at radius 2 is 1.65 bits per heavy atom. The SMILES string of the molecule is F[B-](F)(F)F.c1csc(-n2cc[n+](-c3cccs3)c2)c1. The van der Waals surface area contributed by atoms with Crippen LogP contribution in [0.25, 0.3) is 10.0 Å². The molecule has 0 atom stereocenters. The molecule has 0 aliphatic heterocycles. The van der Waals surface area contributed by atoms with Crippen molar-refractivity contribution in [3.63, 3.8) is 0 Å². The van der Waals surface area contributed by atoms with Crippen molar-refractivity contribution in [3.8, 4) is 10.0 Å². The summed E-state index contributed by atoms with van der Waals surface area (Å²) >= 11 is 3.48. The molecule has 0 amide bonds. The van der Waals surface area contributed by atoms with Crippen LogP contribution in [0.5, 0.6) is 0 Å². The molecule has 0 aliphatic rings. The zero-order chi connectivity index (χ0) is 14.6. The Bertz CT molecular complexity index is 577. The van der Waals surface area contributed by atoms with Crippen LogP contribution in [0.15, 0.2) is 53.7 Å². The third kappa shape index (κ3) is 4.50. The van der Waals surface area contributed by atoms with Gasteiger partial charge in [0, 0.05) is 0 Å². The van der Waals surface area contributed by atoms with Gasteiger partial charge in [-0.05, 0) is 35.0 Å². The summed E-state index contributed by atoms with van der Waals surface area (Å²) in [6.07, 6.45) is 6.24. The first-order valence-electron chi connectivity index (χ1n) is 5.48. The molecule has 9 heteroatoms. The molecule has 0 fully saturated rings. The van der Waals surface area contributed by atoms with Crippen molar-refractivity contribution in [2.45, 2.75) is 0 Å². The lowest BCUT2D eigenvalue weighted by Gasteiger charge is -1.94. The molecule has 3 aromatic heterocycles. The molecule has 0 N–H and O–H groups in total. The zero-order valence-corrected chi connectivity index (χ0v) is 11.6. The second-order valence-corrected chi connectivity index (χ2v) is 5.48. The molecule has 3 aromatic rings. The van der Waals surface area contributed by atoms with Gasteiger partial charge in [0.1, 0.15) is 12.4 Å². The summed E-state index contributed by atoms with van der Waals surface area (Å²) in [6, 6.07) is 8.36. The molecular weight excluding hydrogens is 311 g/mol. The third-order valence-corrected chi connectivity index (χ3v) is 3.92. The van der Waals surface area contributed by atoms with Gasteiger partial charge in [-0.25, -0.2) is 0 Å². The van der Waals surface area contributed by atoms with E-state index in [1.165, 1.54) is 10.0 Å². The van der Waals surface area contributed by atoms with E-state index in [2.05, 4.69) is 62.9 Å². The minimum absolute atomic E-state index is 1.24. The highest BCUT2D eigenvalue weighted by Gasteiger charge is 2.20. The van der Waals surface area contributed by atoms with E-state index < -0.39 is 7.25 Å². The normalized spacial score (nSPS) is 11.0. The maximum Gasteiger partial charge on any atom is 0.673 e. The van der Waals surface area contributed by atoms with E-state index in [1.54, 1.807) is 22.7 Å². The number of halogens is 4. The number of hydrogen-bond acceptors (Lipinski definition) is 2. The third-order valence-electron chi connectivity index (χ3n) is 2.16. The van der Waals surface area contributed by atoms with Gasteiger partial charge in [-0.15, -0.1) is 22.7 Å². The van der Waals surface area contributed by atoms with Crippen molar-refractivity contribution in [1.82, 2.24) is 4.57 Å². The Labute approximate surface area is 120 Å².